The molecule has 28 heavy (non-hydrogen) atoms. The number of aromatic nitrogens is 2. The molecule has 0 aliphatic heterocycles. The molecular formula is C18H20BrF2N3O3S. The molecule has 2 rings (SSSR count). The maximum absolute atomic E-state index is 14.9. The Labute approximate surface area is 170 Å². The van der Waals surface area contributed by atoms with E-state index in [0.29, 0.717) is 22.9 Å². The predicted molar refractivity (Wildman–Crippen MR) is 107 cm³/mol. The van der Waals surface area contributed by atoms with Crippen LogP contribution in [0.25, 0.3) is 0 Å². The van der Waals surface area contributed by atoms with E-state index in [1.807, 2.05) is 6.92 Å². The monoisotopic (exact) mass is 475 g/mol. The van der Waals surface area contributed by atoms with Crippen molar-refractivity contribution in [3.05, 3.63) is 63.4 Å². The fourth-order valence-electron chi connectivity index (χ4n) is 2.44. The molecule has 1 aromatic heterocycles. The quantitative estimate of drug-likeness (QED) is 0.511. The number of carbonyl (C=O) groups excluding carboxylic acids is 1. The van der Waals surface area contributed by atoms with E-state index in [9.17, 15) is 22.0 Å². The minimum absolute atomic E-state index is 0.0151. The van der Waals surface area contributed by atoms with Gasteiger partial charge >= 0.3 is 0 Å². The number of halogens is 3. The van der Waals surface area contributed by atoms with E-state index < -0.39 is 38.7 Å². The molecule has 3 N–H and O–H groups in total. The summed E-state index contributed by atoms with van der Waals surface area (Å²) >= 11 is 3.26. The van der Waals surface area contributed by atoms with Crippen LogP contribution >= 0.6 is 15.9 Å². The van der Waals surface area contributed by atoms with Crippen LogP contribution in [-0.2, 0) is 10.0 Å². The van der Waals surface area contributed by atoms with Crippen LogP contribution in [0.15, 0.2) is 35.1 Å². The topological polar surface area (TPSA) is 94.8 Å². The number of hydrogen-bond donors (Lipinski definition) is 3. The number of anilines is 1. The van der Waals surface area contributed by atoms with Gasteiger partial charge in [-0.3, -0.25) is 9.52 Å². The van der Waals surface area contributed by atoms with Crippen molar-refractivity contribution in [2.45, 2.75) is 26.7 Å². The molecule has 0 saturated heterocycles. The number of sulfonamides is 1. The molecule has 0 amide bonds. The maximum Gasteiger partial charge on any atom is 0.232 e. The summed E-state index contributed by atoms with van der Waals surface area (Å²) in [6, 6.07) is 3.42. The lowest BCUT2D eigenvalue weighted by atomic mass is 10.00. The third kappa shape index (κ3) is 5.41. The second-order valence-corrected chi connectivity index (χ2v) is 8.85. The fourth-order valence-corrected chi connectivity index (χ4v) is 4.16. The molecule has 0 radical (unpaired) electrons. The smallest absolute Gasteiger partial charge is 0.232 e. The zero-order valence-electron chi connectivity index (χ0n) is 15.3. The Balaban J connectivity index is 2.53. The summed E-state index contributed by atoms with van der Waals surface area (Å²) in [6.07, 6.45) is 3.89. The lowest BCUT2D eigenvalue weighted by molar-refractivity contribution is 0.103. The molecule has 2 aromatic rings. The van der Waals surface area contributed by atoms with Gasteiger partial charge in [-0.25, -0.2) is 17.2 Å². The zero-order valence-corrected chi connectivity index (χ0v) is 17.7. The van der Waals surface area contributed by atoms with Gasteiger partial charge in [-0.15, -0.1) is 0 Å². The first-order chi connectivity index (χ1) is 13.2. The second kappa shape index (κ2) is 9.33. The van der Waals surface area contributed by atoms with Crippen molar-refractivity contribution in [3.63, 3.8) is 0 Å². The van der Waals surface area contributed by atoms with E-state index in [2.05, 4.69) is 30.8 Å². The highest BCUT2D eigenvalue weighted by Gasteiger charge is 2.24. The molecule has 1 heterocycles. The number of rotatable bonds is 7. The summed E-state index contributed by atoms with van der Waals surface area (Å²) < 4.78 is 56.0. The van der Waals surface area contributed by atoms with Gasteiger partial charge in [-0.1, -0.05) is 13.3 Å². The number of nitrogens with one attached hydrogen (secondary N) is 3. The van der Waals surface area contributed by atoms with Gasteiger partial charge in [0.1, 0.15) is 5.82 Å². The Morgan fingerprint density at radius 1 is 1.21 bits per heavy atom. The van der Waals surface area contributed by atoms with E-state index in [0.717, 1.165) is 12.1 Å². The van der Waals surface area contributed by atoms with Crippen LogP contribution < -0.4 is 4.72 Å². The Morgan fingerprint density at radius 3 is 2.57 bits per heavy atom. The third-order valence-corrected chi connectivity index (χ3v) is 5.70. The molecule has 0 atom stereocenters. The van der Waals surface area contributed by atoms with Crippen molar-refractivity contribution >= 4 is 37.4 Å². The Bertz CT molecular complexity index is 1030. The first-order valence-electron chi connectivity index (χ1n) is 8.45. The molecule has 0 aliphatic rings. The SMILES string of the molecule is CCCCS(=O)(=O)Nc1ccc(F)c(C(=O)c2c[nH][nH]cc(Br)cc2C)c1F. The number of benzene rings is 1. The van der Waals surface area contributed by atoms with Crippen molar-refractivity contribution in [2.75, 3.05) is 10.5 Å². The summed E-state index contributed by atoms with van der Waals surface area (Å²) in [5.74, 6) is -3.47. The molecule has 0 spiro atoms. The number of carbonyl (C=O) groups is 1. The maximum atomic E-state index is 14.9. The third-order valence-electron chi connectivity index (χ3n) is 3.88. The van der Waals surface area contributed by atoms with Crippen molar-refractivity contribution in [1.82, 2.24) is 10.2 Å². The van der Waals surface area contributed by atoms with Gasteiger partial charge in [-0.2, -0.15) is 0 Å². The number of ketones is 1. The average Bonchev–Trinajstić information content (AvgIpc) is 2.60. The van der Waals surface area contributed by atoms with Crippen LogP contribution in [0.5, 0.6) is 0 Å². The summed E-state index contributed by atoms with van der Waals surface area (Å²) in [5, 5.41) is 5.30. The number of hydrogen-bond acceptors (Lipinski definition) is 3. The Kier molecular flexibility index (Phi) is 7.36. The molecule has 0 bridgehead atoms. The van der Waals surface area contributed by atoms with E-state index in [4.69, 9.17) is 0 Å². The van der Waals surface area contributed by atoms with Crippen LogP contribution in [0.1, 0.15) is 41.3 Å². The van der Waals surface area contributed by atoms with Gasteiger partial charge in [0.15, 0.2) is 5.82 Å². The average molecular weight is 476 g/mol. The van der Waals surface area contributed by atoms with E-state index in [1.165, 1.54) is 6.20 Å². The highest BCUT2D eigenvalue weighted by Crippen LogP contribution is 2.26. The molecule has 0 saturated carbocycles. The van der Waals surface area contributed by atoms with Crippen LogP contribution in [0.4, 0.5) is 14.5 Å². The number of H-pyrrole nitrogens is 2. The first-order valence-corrected chi connectivity index (χ1v) is 10.9. The second-order valence-electron chi connectivity index (χ2n) is 6.09. The number of aryl methyl sites for hydroxylation is 1. The summed E-state index contributed by atoms with van der Waals surface area (Å²) in [7, 11) is -3.81. The Morgan fingerprint density at radius 2 is 1.89 bits per heavy atom. The van der Waals surface area contributed by atoms with Gasteiger partial charge < -0.3 is 10.2 Å². The zero-order chi connectivity index (χ0) is 20.9. The van der Waals surface area contributed by atoms with Crippen molar-refractivity contribution < 1.29 is 22.0 Å². The number of aromatic amines is 2. The lowest BCUT2D eigenvalue weighted by Crippen LogP contribution is -2.19. The Hall–Kier alpha value is -2.20. The van der Waals surface area contributed by atoms with Gasteiger partial charge in [-0.05, 0) is 53.0 Å². The largest absolute Gasteiger partial charge is 0.308 e. The minimum atomic E-state index is -3.81. The lowest BCUT2D eigenvalue weighted by Gasteiger charge is -2.12. The predicted octanol–water partition coefficient (Wildman–Crippen LogP) is 4.59. The van der Waals surface area contributed by atoms with Gasteiger partial charge in [0.05, 0.1) is 17.0 Å². The van der Waals surface area contributed by atoms with Crippen molar-refractivity contribution in [2.24, 2.45) is 0 Å². The normalized spacial score (nSPS) is 11.2. The minimum Gasteiger partial charge on any atom is -0.308 e. The van der Waals surface area contributed by atoms with Crippen LogP contribution in [-0.4, -0.2) is 30.2 Å². The summed E-state index contributed by atoms with van der Waals surface area (Å²) in [4.78, 5) is 12.8. The van der Waals surface area contributed by atoms with Crippen molar-refractivity contribution in [1.29, 1.82) is 0 Å². The molecule has 6 nitrogen and oxygen atoms in total. The highest BCUT2D eigenvalue weighted by molar-refractivity contribution is 9.10. The highest BCUT2D eigenvalue weighted by atomic mass is 79.9. The molecule has 0 unspecified atom stereocenters. The van der Waals surface area contributed by atoms with Gasteiger partial charge in [0, 0.05) is 22.4 Å². The van der Waals surface area contributed by atoms with Crippen LogP contribution in [0.2, 0.25) is 0 Å². The van der Waals surface area contributed by atoms with E-state index in [1.54, 1.807) is 19.2 Å². The fraction of sp³-hybridized carbons (Fsp3) is 0.278. The summed E-state index contributed by atoms with van der Waals surface area (Å²) in [5.41, 5.74) is -0.838. The van der Waals surface area contributed by atoms with Gasteiger partial charge in [0.2, 0.25) is 15.8 Å². The molecule has 0 aliphatic carbocycles. The van der Waals surface area contributed by atoms with Gasteiger partial charge in [0.25, 0.3) is 0 Å². The first kappa shape index (κ1) is 22.1. The van der Waals surface area contributed by atoms with E-state index >= 15 is 0 Å². The summed E-state index contributed by atoms with van der Waals surface area (Å²) in [6.45, 7) is 3.43. The molecule has 152 valence electrons. The molecular weight excluding hydrogens is 456 g/mol. The standard InChI is InChI=1S/C18H20BrF2N3O3S/c1-3-4-7-28(26,27)24-15-6-5-14(20)16(17(15)21)18(25)13-10-23-22-9-12(19)8-11(13)2/h5-6,8-10,22-24H,3-4,7H2,1-2H3. The molecule has 10 heteroatoms. The number of unbranched alkanes of at least 4 members (excludes halogenated alkanes) is 1. The van der Waals surface area contributed by atoms with E-state index in [-0.39, 0.29) is 11.3 Å². The molecule has 1 aromatic carbocycles. The van der Waals surface area contributed by atoms with Crippen LogP contribution in [0, 0.1) is 18.6 Å². The molecule has 0 fully saturated rings. The van der Waals surface area contributed by atoms with Crippen molar-refractivity contribution in [3.8, 4) is 0 Å². The van der Waals surface area contributed by atoms with Crippen LogP contribution in [0.3, 0.4) is 0 Å².